The van der Waals surface area contributed by atoms with Gasteiger partial charge in [0.25, 0.3) is 0 Å². The second kappa shape index (κ2) is 2.83. The first-order chi connectivity index (χ1) is 5.73. The van der Waals surface area contributed by atoms with E-state index in [-0.39, 0.29) is 12.4 Å². The van der Waals surface area contributed by atoms with Crippen molar-refractivity contribution in [2.45, 2.75) is 37.8 Å². The molecule has 1 nitrogen and oxygen atoms in total. The van der Waals surface area contributed by atoms with Gasteiger partial charge in [-0.25, -0.2) is 4.39 Å². The van der Waals surface area contributed by atoms with Crippen molar-refractivity contribution < 1.29 is 4.39 Å². The third-order valence-electron chi connectivity index (χ3n) is 4.21. The minimum atomic E-state index is -0.690. The fourth-order valence-corrected chi connectivity index (χ4v) is 3.60. The van der Waals surface area contributed by atoms with Crippen LogP contribution < -0.4 is 5.32 Å². The van der Waals surface area contributed by atoms with Crippen molar-refractivity contribution >= 4 is 12.4 Å². The van der Waals surface area contributed by atoms with Crippen LogP contribution >= 0.6 is 12.4 Å². The molecule has 1 aliphatic heterocycles. The van der Waals surface area contributed by atoms with Crippen LogP contribution in [0.15, 0.2) is 0 Å². The van der Waals surface area contributed by atoms with E-state index >= 15 is 0 Å². The summed E-state index contributed by atoms with van der Waals surface area (Å²) in [6.07, 6.45) is 5.26. The Balaban J connectivity index is 0.000000653. The Morgan fingerprint density at radius 2 is 1.62 bits per heavy atom. The maximum Gasteiger partial charge on any atom is 0.112 e. The quantitative estimate of drug-likeness (QED) is 0.693. The van der Waals surface area contributed by atoms with E-state index in [2.05, 4.69) is 5.32 Å². The van der Waals surface area contributed by atoms with Crippen molar-refractivity contribution in [3.05, 3.63) is 0 Å². The first kappa shape index (κ1) is 9.72. The van der Waals surface area contributed by atoms with Gasteiger partial charge in [0.05, 0.1) is 0 Å². The van der Waals surface area contributed by atoms with E-state index in [1.807, 2.05) is 0 Å². The highest BCUT2D eigenvalue weighted by Crippen LogP contribution is 2.73. The molecule has 0 radical (unpaired) electrons. The summed E-state index contributed by atoms with van der Waals surface area (Å²) < 4.78 is 13.3. The molecule has 0 aromatic heterocycles. The number of hydrogen-bond acceptors (Lipinski definition) is 1. The summed E-state index contributed by atoms with van der Waals surface area (Å²) in [5, 5.41) is 3.37. The van der Waals surface area contributed by atoms with Gasteiger partial charge in [0, 0.05) is 0 Å². The van der Waals surface area contributed by atoms with Crippen LogP contribution in [0.5, 0.6) is 0 Å². The lowest BCUT2D eigenvalue weighted by molar-refractivity contribution is -0.245. The van der Waals surface area contributed by atoms with Gasteiger partial charge in [-0.05, 0) is 56.5 Å². The summed E-state index contributed by atoms with van der Waals surface area (Å²) in [5.41, 5.74) is -0.207. The molecule has 1 saturated heterocycles. The smallest absolute Gasteiger partial charge is 0.112 e. The predicted octanol–water partition coefficient (Wildman–Crippen LogP) is 2.30. The molecule has 3 heteroatoms. The molecule has 0 amide bonds. The lowest BCUT2D eigenvalue weighted by Gasteiger charge is -2.69. The summed E-state index contributed by atoms with van der Waals surface area (Å²) in [6.45, 7) is 2.32. The molecule has 3 saturated carbocycles. The Labute approximate surface area is 84.9 Å². The Morgan fingerprint density at radius 1 is 1.08 bits per heavy atom. The summed E-state index contributed by atoms with van der Waals surface area (Å²) in [6, 6.07) is 0. The van der Waals surface area contributed by atoms with Gasteiger partial charge >= 0.3 is 0 Å². The number of piperidine rings is 1. The SMILES string of the molecule is Cl.FC12CC(C3CCNCC3)(C1)C2. The van der Waals surface area contributed by atoms with E-state index in [0.717, 1.165) is 38.3 Å². The van der Waals surface area contributed by atoms with Crippen LogP contribution in [0, 0.1) is 11.3 Å². The summed E-state index contributed by atoms with van der Waals surface area (Å²) >= 11 is 0. The highest BCUT2D eigenvalue weighted by Gasteiger charge is 2.71. The third kappa shape index (κ3) is 1.22. The van der Waals surface area contributed by atoms with E-state index in [0.29, 0.717) is 5.41 Å². The molecule has 4 rings (SSSR count). The molecule has 0 unspecified atom stereocenters. The van der Waals surface area contributed by atoms with Crippen molar-refractivity contribution in [2.24, 2.45) is 11.3 Å². The maximum absolute atomic E-state index is 13.3. The van der Waals surface area contributed by atoms with Gasteiger partial charge < -0.3 is 5.32 Å². The van der Waals surface area contributed by atoms with Gasteiger partial charge in [-0.15, -0.1) is 12.4 Å². The minimum Gasteiger partial charge on any atom is -0.317 e. The van der Waals surface area contributed by atoms with Gasteiger partial charge in [0.2, 0.25) is 0 Å². The molecule has 0 aromatic rings. The van der Waals surface area contributed by atoms with Crippen molar-refractivity contribution in [3.8, 4) is 0 Å². The van der Waals surface area contributed by atoms with Crippen LogP contribution in [0.2, 0.25) is 0 Å². The first-order valence-electron chi connectivity index (χ1n) is 5.12. The normalized spacial score (nSPS) is 48.7. The highest BCUT2D eigenvalue weighted by atomic mass is 35.5. The number of alkyl halides is 1. The number of nitrogens with one attached hydrogen (secondary N) is 1. The van der Waals surface area contributed by atoms with Crippen LogP contribution in [-0.4, -0.2) is 18.8 Å². The molecule has 0 atom stereocenters. The van der Waals surface area contributed by atoms with Gasteiger partial charge in [0.1, 0.15) is 5.67 Å². The van der Waals surface area contributed by atoms with Crippen molar-refractivity contribution in [1.82, 2.24) is 5.32 Å². The second-order valence-electron chi connectivity index (χ2n) is 5.07. The average molecular weight is 206 g/mol. The van der Waals surface area contributed by atoms with Crippen LogP contribution in [0.4, 0.5) is 4.39 Å². The molecule has 0 aromatic carbocycles. The lowest BCUT2D eigenvalue weighted by Crippen LogP contribution is -2.68. The maximum atomic E-state index is 13.3. The van der Waals surface area contributed by atoms with Crippen LogP contribution in [0.3, 0.4) is 0 Å². The predicted molar refractivity (Wildman–Crippen MR) is 53.0 cm³/mol. The van der Waals surface area contributed by atoms with Gasteiger partial charge in [0.15, 0.2) is 0 Å². The lowest BCUT2D eigenvalue weighted by atomic mass is 9.37. The molecule has 13 heavy (non-hydrogen) atoms. The molecule has 0 spiro atoms. The van der Waals surface area contributed by atoms with Crippen LogP contribution in [0.1, 0.15) is 32.1 Å². The zero-order valence-electron chi connectivity index (χ0n) is 7.81. The Bertz CT molecular complexity index is 193. The highest BCUT2D eigenvalue weighted by molar-refractivity contribution is 5.85. The fraction of sp³-hybridized carbons (Fsp3) is 1.00. The fourth-order valence-electron chi connectivity index (χ4n) is 3.60. The number of rotatable bonds is 1. The number of halogens is 2. The van der Waals surface area contributed by atoms with Crippen LogP contribution in [-0.2, 0) is 0 Å². The molecular formula is C10H17ClFN. The van der Waals surface area contributed by atoms with Crippen molar-refractivity contribution in [2.75, 3.05) is 13.1 Å². The minimum absolute atomic E-state index is 0. The molecule has 76 valence electrons. The van der Waals surface area contributed by atoms with E-state index in [1.165, 1.54) is 12.8 Å². The van der Waals surface area contributed by atoms with E-state index in [4.69, 9.17) is 0 Å². The Morgan fingerprint density at radius 3 is 2.08 bits per heavy atom. The van der Waals surface area contributed by atoms with Crippen LogP contribution in [0.25, 0.3) is 0 Å². The molecule has 1 N–H and O–H groups in total. The molecule has 2 bridgehead atoms. The zero-order chi connectivity index (χ0) is 8.23. The Kier molecular flexibility index (Phi) is 2.12. The second-order valence-corrected chi connectivity index (χ2v) is 5.07. The van der Waals surface area contributed by atoms with Gasteiger partial charge in [-0.2, -0.15) is 0 Å². The molecular weight excluding hydrogens is 189 g/mol. The van der Waals surface area contributed by atoms with Gasteiger partial charge in [-0.1, -0.05) is 0 Å². The zero-order valence-corrected chi connectivity index (χ0v) is 8.63. The molecule has 1 heterocycles. The van der Waals surface area contributed by atoms with E-state index < -0.39 is 5.67 Å². The van der Waals surface area contributed by atoms with Gasteiger partial charge in [-0.3, -0.25) is 0 Å². The largest absolute Gasteiger partial charge is 0.317 e. The Hall–Kier alpha value is 0.180. The molecule has 3 aliphatic carbocycles. The molecule has 4 aliphatic rings. The van der Waals surface area contributed by atoms with Crippen molar-refractivity contribution in [3.63, 3.8) is 0 Å². The van der Waals surface area contributed by atoms with E-state index in [9.17, 15) is 4.39 Å². The van der Waals surface area contributed by atoms with Crippen molar-refractivity contribution in [1.29, 1.82) is 0 Å². The summed E-state index contributed by atoms with van der Waals surface area (Å²) in [7, 11) is 0. The van der Waals surface area contributed by atoms with E-state index in [1.54, 1.807) is 0 Å². The summed E-state index contributed by atoms with van der Waals surface area (Å²) in [4.78, 5) is 0. The third-order valence-corrected chi connectivity index (χ3v) is 4.21. The number of hydrogen-bond donors (Lipinski definition) is 1. The monoisotopic (exact) mass is 205 g/mol. The molecule has 4 fully saturated rings. The first-order valence-corrected chi connectivity index (χ1v) is 5.12. The summed E-state index contributed by atoms with van der Waals surface area (Å²) in [5.74, 6) is 0.844. The standard InChI is InChI=1S/C10H16FN.ClH/c11-10-5-9(6-10,7-10)8-1-3-12-4-2-8;/h8,12H,1-7H2;1H. The topological polar surface area (TPSA) is 12.0 Å². The average Bonchev–Trinajstić information content (AvgIpc) is 1.99.